The number of hydrogen-bond acceptors (Lipinski definition) is 5. The molecule has 1 aliphatic heterocycles. The van der Waals surface area contributed by atoms with Gasteiger partial charge in [0.2, 0.25) is 0 Å². The quantitative estimate of drug-likeness (QED) is 0.476. The van der Waals surface area contributed by atoms with E-state index in [1.807, 2.05) is 19.1 Å². The molecule has 2 N–H and O–H groups in total. The lowest BCUT2D eigenvalue weighted by Crippen LogP contribution is -2.42. The minimum Gasteiger partial charge on any atom is -0.463 e. The average Bonchev–Trinajstić information content (AvgIpc) is 3.00. The van der Waals surface area contributed by atoms with Crippen LogP contribution in [-0.4, -0.2) is 55.1 Å². The number of hydrogen-bond donors (Lipinski definition) is 2. The lowest BCUT2D eigenvalue weighted by Gasteiger charge is -2.26. The van der Waals surface area contributed by atoms with Gasteiger partial charge >= 0.3 is 0 Å². The number of hydrazone groups is 1. The summed E-state index contributed by atoms with van der Waals surface area (Å²) in [5.74, 6) is 0.730. The molecule has 0 radical (unpaired) electrons. The molecular formula is C13H20N4O2S. The van der Waals surface area contributed by atoms with E-state index in [4.69, 9.17) is 21.4 Å². The molecule has 1 aromatic heterocycles. The highest BCUT2D eigenvalue weighted by Gasteiger charge is 2.09. The first-order valence-corrected chi connectivity index (χ1v) is 7.08. The standard InChI is InChI=1S/C13H20N4O2S/c1-11(12-3-2-8-19-12)15-16-13(20)14-4-5-17-6-9-18-10-7-17/h2-3,8H,4-7,9-10H2,1H3,(H2,14,16,20)/b15-11+. The van der Waals surface area contributed by atoms with Crippen molar-refractivity contribution in [3.8, 4) is 0 Å². The van der Waals surface area contributed by atoms with Crippen molar-refractivity contribution in [1.29, 1.82) is 0 Å². The average molecular weight is 296 g/mol. The van der Waals surface area contributed by atoms with Crippen LogP contribution in [0.3, 0.4) is 0 Å². The fourth-order valence-electron chi connectivity index (χ4n) is 1.87. The van der Waals surface area contributed by atoms with Gasteiger partial charge in [0.05, 0.1) is 19.5 Å². The molecule has 0 amide bonds. The molecule has 110 valence electrons. The van der Waals surface area contributed by atoms with E-state index in [2.05, 4.69) is 20.7 Å². The lowest BCUT2D eigenvalue weighted by atomic mass is 10.3. The summed E-state index contributed by atoms with van der Waals surface area (Å²) >= 11 is 5.17. The van der Waals surface area contributed by atoms with Gasteiger partial charge in [0.1, 0.15) is 11.5 Å². The number of rotatable bonds is 5. The second-order valence-corrected chi connectivity index (χ2v) is 4.90. The fourth-order valence-corrected chi connectivity index (χ4v) is 2.01. The molecule has 0 atom stereocenters. The molecule has 0 aliphatic carbocycles. The predicted molar refractivity (Wildman–Crippen MR) is 81.9 cm³/mol. The van der Waals surface area contributed by atoms with Crippen molar-refractivity contribution in [1.82, 2.24) is 15.6 Å². The van der Waals surface area contributed by atoms with Crippen molar-refractivity contribution in [2.45, 2.75) is 6.92 Å². The highest BCUT2D eigenvalue weighted by molar-refractivity contribution is 7.80. The van der Waals surface area contributed by atoms with E-state index < -0.39 is 0 Å². The second-order valence-electron chi connectivity index (χ2n) is 4.50. The number of ether oxygens (including phenoxy) is 1. The van der Waals surface area contributed by atoms with Crippen molar-refractivity contribution >= 4 is 23.0 Å². The van der Waals surface area contributed by atoms with Crippen molar-refractivity contribution in [3.05, 3.63) is 24.2 Å². The van der Waals surface area contributed by atoms with Gasteiger partial charge in [-0.05, 0) is 31.3 Å². The summed E-state index contributed by atoms with van der Waals surface area (Å²) in [5.41, 5.74) is 3.57. The first-order valence-electron chi connectivity index (χ1n) is 6.68. The molecular weight excluding hydrogens is 276 g/mol. The molecule has 1 saturated heterocycles. The van der Waals surface area contributed by atoms with E-state index in [0.717, 1.165) is 50.9 Å². The number of nitrogens with zero attached hydrogens (tertiary/aromatic N) is 2. The molecule has 7 heteroatoms. The van der Waals surface area contributed by atoms with Crippen LogP contribution in [0.15, 0.2) is 27.9 Å². The van der Waals surface area contributed by atoms with Crippen LogP contribution in [0.1, 0.15) is 12.7 Å². The molecule has 1 fully saturated rings. The predicted octanol–water partition coefficient (Wildman–Crippen LogP) is 0.800. The SMILES string of the molecule is C/C(=N\NC(=S)NCCN1CCOCC1)c1ccco1. The first-order chi connectivity index (χ1) is 9.75. The second kappa shape index (κ2) is 7.98. The molecule has 0 bridgehead atoms. The molecule has 20 heavy (non-hydrogen) atoms. The Morgan fingerprint density at radius 3 is 2.95 bits per heavy atom. The van der Waals surface area contributed by atoms with E-state index in [9.17, 15) is 0 Å². The van der Waals surface area contributed by atoms with Gasteiger partial charge in [0, 0.05) is 26.2 Å². The summed E-state index contributed by atoms with van der Waals surface area (Å²) in [6, 6.07) is 3.68. The largest absolute Gasteiger partial charge is 0.463 e. The highest BCUT2D eigenvalue weighted by atomic mass is 32.1. The van der Waals surface area contributed by atoms with Crippen LogP contribution in [0.25, 0.3) is 0 Å². The van der Waals surface area contributed by atoms with Gasteiger partial charge < -0.3 is 14.5 Å². The zero-order valence-corrected chi connectivity index (χ0v) is 12.4. The van der Waals surface area contributed by atoms with Crippen molar-refractivity contribution < 1.29 is 9.15 Å². The topological polar surface area (TPSA) is 62.0 Å². The van der Waals surface area contributed by atoms with Crippen molar-refractivity contribution in [2.24, 2.45) is 5.10 Å². The number of nitrogens with one attached hydrogen (secondary N) is 2. The number of thiocarbonyl (C=S) groups is 1. The summed E-state index contributed by atoms with van der Waals surface area (Å²) in [4.78, 5) is 2.34. The molecule has 2 heterocycles. The molecule has 1 aromatic rings. The van der Waals surface area contributed by atoms with Gasteiger partial charge in [0.25, 0.3) is 0 Å². The number of morpholine rings is 1. The van der Waals surface area contributed by atoms with Crippen molar-refractivity contribution in [3.63, 3.8) is 0 Å². The van der Waals surface area contributed by atoms with Crippen LogP contribution in [-0.2, 0) is 4.74 Å². The third-order valence-electron chi connectivity index (χ3n) is 3.02. The van der Waals surface area contributed by atoms with E-state index in [1.54, 1.807) is 6.26 Å². The van der Waals surface area contributed by atoms with Crippen LogP contribution in [0, 0.1) is 0 Å². The Balaban J connectivity index is 1.64. The van der Waals surface area contributed by atoms with Gasteiger partial charge in [-0.2, -0.15) is 5.10 Å². The van der Waals surface area contributed by atoms with Gasteiger partial charge in [-0.1, -0.05) is 0 Å². The van der Waals surface area contributed by atoms with E-state index >= 15 is 0 Å². The summed E-state index contributed by atoms with van der Waals surface area (Å²) in [7, 11) is 0. The third-order valence-corrected chi connectivity index (χ3v) is 3.26. The van der Waals surface area contributed by atoms with Gasteiger partial charge in [-0.15, -0.1) is 0 Å². The third kappa shape index (κ3) is 4.92. The van der Waals surface area contributed by atoms with Gasteiger partial charge in [-0.25, -0.2) is 0 Å². The first kappa shape index (κ1) is 15.0. The van der Waals surface area contributed by atoms with Crippen LogP contribution < -0.4 is 10.7 Å². The minimum atomic E-state index is 0.518. The Hall–Kier alpha value is -1.44. The Labute approximate surface area is 124 Å². The van der Waals surface area contributed by atoms with Gasteiger partial charge in [0.15, 0.2) is 5.11 Å². The Bertz CT molecular complexity index is 441. The van der Waals surface area contributed by atoms with E-state index in [0.29, 0.717) is 5.11 Å². The van der Waals surface area contributed by atoms with E-state index in [-0.39, 0.29) is 0 Å². The van der Waals surface area contributed by atoms with Crippen LogP contribution in [0.2, 0.25) is 0 Å². The Kier molecular flexibility index (Phi) is 5.97. The summed E-state index contributed by atoms with van der Waals surface area (Å²) in [6.45, 7) is 7.20. The smallest absolute Gasteiger partial charge is 0.187 e. The maximum atomic E-state index is 5.30. The Morgan fingerprint density at radius 1 is 1.45 bits per heavy atom. The molecule has 0 unspecified atom stereocenters. The number of furan rings is 1. The lowest BCUT2D eigenvalue weighted by molar-refractivity contribution is 0.0389. The van der Waals surface area contributed by atoms with Gasteiger partial charge in [-0.3, -0.25) is 10.3 Å². The molecule has 2 rings (SSSR count). The highest BCUT2D eigenvalue weighted by Crippen LogP contribution is 2.00. The maximum absolute atomic E-state index is 5.30. The zero-order chi connectivity index (χ0) is 14.2. The summed E-state index contributed by atoms with van der Waals surface area (Å²) < 4.78 is 10.5. The monoisotopic (exact) mass is 296 g/mol. The summed E-state index contributed by atoms with van der Waals surface area (Å²) in [5, 5.41) is 7.82. The van der Waals surface area contributed by atoms with Crippen LogP contribution in [0.5, 0.6) is 0 Å². The maximum Gasteiger partial charge on any atom is 0.187 e. The molecule has 1 aliphatic rings. The molecule has 0 saturated carbocycles. The zero-order valence-electron chi connectivity index (χ0n) is 11.6. The van der Waals surface area contributed by atoms with Crippen molar-refractivity contribution in [2.75, 3.05) is 39.4 Å². The normalized spacial score (nSPS) is 16.9. The van der Waals surface area contributed by atoms with Crippen LogP contribution >= 0.6 is 12.2 Å². The molecule has 0 spiro atoms. The van der Waals surface area contributed by atoms with E-state index in [1.165, 1.54) is 0 Å². The minimum absolute atomic E-state index is 0.518. The summed E-state index contributed by atoms with van der Waals surface area (Å²) in [6.07, 6.45) is 1.62. The molecule has 0 aromatic carbocycles. The van der Waals surface area contributed by atoms with Crippen LogP contribution in [0.4, 0.5) is 0 Å². The molecule has 6 nitrogen and oxygen atoms in total. The fraction of sp³-hybridized carbons (Fsp3) is 0.538. The Morgan fingerprint density at radius 2 is 2.25 bits per heavy atom.